The number of rotatable bonds is 10. The average Bonchev–Trinajstić information content (AvgIpc) is 3.24. The maximum absolute atomic E-state index is 12.1. The van der Waals surface area contributed by atoms with Gasteiger partial charge in [0.15, 0.2) is 0 Å². The number of nitrogens with zero attached hydrogens (tertiary/aromatic N) is 5. The van der Waals surface area contributed by atoms with Gasteiger partial charge in [-0.25, -0.2) is 9.97 Å². The molecule has 11 heteroatoms. The van der Waals surface area contributed by atoms with Gasteiger partial charge in [-0.15, -0.1) is 0 Å². The number of ether oxygens (including phenoxy) is 1. The number of carbonyl (C=O) groups is 1. The van der Waals surface area contributed by atoms with Crippen LogP contribution in [-0.4, -0.2) is 72.3 Å². The van der Waals surface area contributed by atoms with E-state index in [0.717, 1.165) is 30.0 Å². The molecule has 0 aliphatic rings. The van der Waals surface area contributed by atoms with Gasteiger partial charge in [0, 0.05) is 37.5 Å². The molecule has 0 unspecified atom stereocenters. The van der Waals surface area contributed by atoms with Gasteiger partial charge in [0.2, 0.25) is 11.9 Å². The van der Waals surface area contributed by atoms with E-state index in [1.165, 1.54) is 12.3 Å². The first-order chi connectivity index (χ1) is 16.2. The lowest BCUT2D eigenvalue weighted by molar-refractivity contribution is -0.111. The summed E-state index contributed by atoms with van der Waals surface area (Å²) < 4.78 is 5.64. The topological polar surface area (TPSA) is 111 Å². The highest BCUT2D eigenvalue weighted by Crippen LogP contribution is 2.38. The number of hydrogen-bond acceptors (Lipinski definition) is 8. The van der Waals surface area contributed by atoms with Gasteiger partial charge in [0.25, 0.3) is 0 Å². The number of anilines is 4. The van der Waals surface area contributed by atoms with Gasteiger partial charge < -0.3 is 25.2 Å². The summed E-state index contributed by atoms with van der Waals surface area (Å²) in [5.41, 5.74) is 4.12. The van der Waals surface area contributed by atoms with Gasteiger partial charge in [-0.1, -0.05) is 18.2 Å². The first-order valence-electron chi connectivity index (χ1n) is 10.5. The molecule has 180 valence electrons. The fraction of sp³-hybridized carbons (Fsp3) is 0.304. The Hall–Kier alpha value is -3.63. The number of methoxy groups -OCH3 is 1. The Morgan fingerprint density at radius 2 is 2.00 bits per heavy atom. The SMILES string of the molecule is C=CC(=O)Nc1cc(Nc2ncc(Cl)c(-c3cn[nH]c3C)n2)c(OC)cc1N(C)CCN(C)C. The van der Waals surface area contributed by atoms with Crippen molar-refractivity contribution in [3.8, 4) is 17.0 Å². The Bertz CT molecular complexity index is 1180. The Morgan fingerprint density at radius 3 is 2.62 bits per heavy atom. The standard InChI is InChI=1S/C23H29ClN8O2/c1-7-21(33)27-17-10-18(20(34-6)11-19(17)32(5)9-8-31(3)4)28-23-25-13-16(24)22(29-23)15-12-26-30-14(15)2/h7,10-13H,1,8-9H2,2-6H3,(H,26,30)(H,27,33)(H,25,28,29). The van der Waals surface area contributed by atoms with Crippen LogP contribution in [0.3, 0.4) is 0 Å². The summed E-state index contributed by atoms with van der Waals surface area (Å²) in [6.07, 6.45) is 4.41. The number of benzene rings is 1. The Balaban J connectivity index is 2.01. The van der Waals surface area contributed by atoms with Crippen molar-refractivity contribution in [1.82, 2.24) is 25.1 Å². The third-order valence-corrected chi connectivity index (χ3v) is 5.41. The molecule has 0 fully saturated rings. The maximum Gasteiger partial charge on any atom is 0.247 e. The zero-order valence-corrected chi connectivity index (χ0v) is 20.7. The number of aryl methyl sites for hydroxylation is 1. The fourth-order valence-electron chi connectivity index (χ4n) is 3.23. The number of halogens is 1. The number of carbonyl (C=O) groups excluding carboxylic acids is 1. The molecule has 3 rings (SSSR count). The zero-order chi connectivity index (χ0) is 24.8. The molecule has 1 aromatic carbocycles. The number of amides is 1. The van der Waals surface area contributed by atoms with Crippen molar-refractivity contribution < 1.29 is 9.53 Å². The molecular weight excluding hydrogens is 456 g/mol. The minimum Gasteiger partial charge on any atom is -0.494 e. The number of likely N-dealkylation sites (N-methyl/N-ethyl adjacent to an activating group) is 2. The number of aromatic amines is 1. The second kappa shape index (κ2) is 11.0. The number of hydrogen-bond donors (Lipinski definition) is 3. The van der Waals surface area contributed by atoms with E-state index >= 15 is 0 Å². The molecule has 0 saturated carbocycles. The summed E-state index contributed by atoms with van der Waals surface area (Å²) >= 11 is 6.34. The first kappa shape index (κ1) is 25.0. The van der Waals surface area contributed by atoms with Crippen molar-refractivity contribution in [3.63, 3.8) is 0 Å². The fourth-order valence-corrected chi connectivity index (χ4v) is 3.42. The summed E-state index contributed by atoms with van der Waals surface area (Å²) in [5, 5.41) is 13.4. The van der Waals surface area contributed by atoms with Crippen LogP contribution in [-0.2, 0) is 4.79 Å². The van der Waals surface area contributed by atoms with Crippen LogP contribution in [0.4, 0.5) is 23.0 Å². The van der Waals surface area contributed by atoms with Crippen molar-refractivity contribution in [1.29, 1.82) is 0 Å². The summed E-state index contributed by atoms with van der Waals surface area (Å²) in [5.74, 6) is 0.551. The molecule has 10 nitrogen and oxygen atoms in total. The molecule has 2 heterocycles. The smallest absolute Gasteiger partial charge is 0.247 e. The van der Waals surface area contributed by atoms with E-state index in [9.17, 15) is 4.79 Å². The van der Waals surface area contributed by atoms with Crippen LogP contribution < -0.4 is 20.3 Å². The van der Waals surface area contributed by atoms with Gasteiger partial charge in [-0.3, -0.25) is 9.89 Å². The third kappa shape index (κ3) is 5.83. The van der Waals surface area contributed by atoms with Crippen molar-refractivity contribution in [3.05, 3.63) is 47.9 Å². The van der Waals surface area contributed by atoms with Crippen molar-refractivity contribution in [2.75, 3.05) is 56.9 Å². The highest BCUT2D eigenvalue weighted by molar-refractivity contribution is 6.33. The van der Waals surface area contributed by atoms with E-state index in [1.807, 2.05) is 39.0 Å². The monoisotopic (exact) mass is 484 g/mol. The summed E-state index contributed by atoms with van der Waals surface area (Å²) in [6.45, 7) is 7.02. The highest BCUT2D eigenvalue weighted by Gasteiger charge is 2.18. The lowest BCUT2D eigenvalue weighted by Gasteiger charge is -2.26. The molecule has 0 radical (unpaired) electrons. The molecule has 0 spiro atoms. The van der Waals surface area contributed by atoms with E-state index in [2.05, 4.69) is 42.3 Å². The zero-order valence-electron chi connectivity index (χ0n) is 19.9. The summed E-state index contributed by atoms with van der Waals surface area (Å²) in [7, 11) is 7.55. The molecule has 0 bridgehead atoms. The Labute approximate surface area is 204 Å². The van der Waals surface area contributed by atoms with Crippen LogP contribution in [0.2, 0.25) is 5.02 Å². The lowest BCUT2D eigenvalue weighted by Crippen LogP contribution is -2.29. The normalized spacial score (nSPS) is 10.8. The van der Waals surface area contributed by atoms with Crippen LogP contribution in [0, 0.1) is 6.92 Å². The minimum absolute atomic E-state index is 0.313. The van der Waals surface area contributed by atoms with Gasteiger partial charge in [0.1, 0.15) is 5.75 Å². The molecular formula is C23H29ClN8O2. The van der Waals surface area contributed by atoms with Crippen LogP contribution in [0.15, 0.2) is 37.2 Å². The Morgan fingerprint density at radius 1 is 1.24 bits per heavy atom. The summed E-state index contributed by atoms with van der Waals surface area (Å²) in [4.78, 5) is 25.1. The Kier molecular flexibility index (Phi) is 8.08. The third-order valence-electron chi connectivity index (χ3n) is 5.13. The van der Waals surface area contributed by atoms with Crippen LogP contribution in [0.25, 0.3) is 11.3 Å². The lowest BCUT2D eigenvalue weighted by atomic mass is 10.2. The van der Waals surface area contributed by atoms with E-state index < -0.39 is 0 Å². The molecule has 0 aliphatic heterocycles. The number of H-pyrrole nitrogens is 1. The van der Waals surface area contributed by atoms with Crippen molar-refractivity contribution in [2.24, 2.45) is 0 Å². The van der Waals surface area contributed by atoms with Gasteiger partial charge in [-0.05, 0) is 33.2 Å². The second-order valence-electron chi connectivity index (χ2n) is 7.91. The van der Waals surface area contributed by atoms with Crippen LogP contribution in [0.5, 0.6) is 5.75 Å². The van der Waals surface area contributed by atoms with Gasteiger partial charge in [-0.2, -0.15) is 5.10 Å². The van der Waals surface area contributed by atoms with Crippen molar-refractivity contribution >= 4 is 40.5 Å². The molecule has 0 atom stereocenters. The van der Waals surface area contributed by atoms with Crippen LogP contribution >= 0.6 is 11.6 Å². The largest absolute Gasteiger partial charge is 0.494 e. The quantitative estimate of drug-likeness (QED) is 0.373. The van der Waals surface area contributed by atoms with E-state index in [-0.39, 0.29) is 5.91 Å². The molecule has 0 saturated heterocycles. The first-order valence-corrected chi connectivity index (χ1v) is 10.9. The summed E-state index contributed by atoms with van der Waals surface area (Å²) in [6, 6.07) is 3.64. The molecule has 0 aliphatic carbocycles. The highest BCUT2D eigenvalue weighted by atomic mass is 35.5. The number of aromatic nitrogens is 4. The molecule has 34 heavy (non-hydrogen) atoms. The van der Waals surface area contributed by atoms with E-state index in [0.29, 0.717) is 33.8 Å². The average molecular weight is 485 g/mol. The van der Waals surface area contributed by atoms with E-state index in [4.69, 9.17) is 16.3 Å². The molecule has 2 aromatic heterocycles. The molecule has 3 N–H and O–H groups in total. The number of nitrogens with one attached hydrogen (secondary N) is 3. The van der Waals surface area contributed by atoms with Crippen LogP contribution in [0.1, 0.15) is 5.69 Å². The predicted molar refractivity (Wildman–Crippen MR) is 136 cm³/mol. The maximum atomic E-state index is 12.1. The molecule has 1 amide bonds. The van der Waals surface area contributed by atoms with Crippen molar-refractivity contribution in [2.45, 2.75) is 6.92 Å². The minimum atomic E-state index is -0.321. The second-order valence-corrected chi connectivity index (χ2v) is 8.32. The van der Waals surface area contributed by atoms with E-state index in [1.54, 1.807) is 19.4 Å². The van der Waals surface area contributed by atoms with Gasteiger partial charge in [0.05, 0.1) is 47.3 Å². The predicted octanol–water partition coefficient (Wildman–Crippen LogP) is 3.70. The van der Waals surface area contributed by atoms with Gasteiger partial charge >= 0.3 is 0 Å². The molecule has 3 aromatic rings.